The van der Waals surface area contributed by atoms with Gasteiger partial charge in [-0.15, -0.1) is 11.3 Å². The Labute approximate surface area is 115 Å². The van der Waals surface area contributed by atoms with Crippen molar-refractivity contribution in [3.8, 4) is 16.6 Å². The zero-order valence-electron chi connectivity index (χ0n) is 10.8. The van der Waals surface area contributed by atoms with Crippen molar-refractivity contribution >= 4 is 17.0 Å². The van der Waals surface area contributed by atoms with E-state index in [9.17, 15) is 5.26 Å². The fourth-order valence-corrected chi connectivity index (χ4v) is 3.01. The molecule has 19 heavy (non-hydrogen) atoms. The van der Waals surface area contributed by atoms with Crippen LogP contribution >= 0.6 is 11.3 Å². The molecule has 1 unspecified atom stereocenters. The summed E-state index contributed by atoms with van der Waals surface area (Å²) in [6.45, 7) is 3.96. The topological polar surface area (TPSA) is 41.1 Å². The number of hydrogen-bond donors (Lipinski definition) is 0. The fraction of sp³-hybridized carbons (Fsp3) is 0.200. The van der Waals surface area contributed by atoms with Gasteiger partial charge in [-0.05, 0) is 36.9 Å². The van der Waals surface area contributed by atoms with E-state index in [1.165, 1.54) is 0 Å². The molecule has 3 nitrogen and oxygen atoms in total. The summed E-state index contributed by atoms with van der Waals surface area (Å²) in [5.41, 5.74) is 3.96. The second kappa shape index (κ2) is 4.52. The number of aromatic nitrogens is 2. The molecule has 3 rings (SSSR count). The molecule has 0 aromatic carbocycles. The van der Waals surface area contributed by atoms with E-state index in [2.05, 4.69) is 12.1 Å². The normalized spacial score (nSPS) is 12.5. The monoisotopic (exact) mass is 267 g/mol. The summed E-state index contributed by atoms with van der Waals surface area (Å²) in [7, 11) is 0. The molecule has 94 valence electrons. The summed E-state index contributed by atoms with van der Waals surface area (Å²) in [5.74, 6) is -0.186. The van der Waals surface area contributed by atoms with Crippen LogP contribution in [0.2, 0.25) is 0 Å². The first-order valence-corrected chi connectivity index (χ1v) is 7.01. The van der Waals surface area contributed by atoms with Crippen LogP contribution < -0.4 is 0 Å². The maximum Gasteiger partial charge on any atom is 0.140 e. The maximum absolute atomic E-state index is 9.27. The predicted molar refractivity (Wildman–Crippen MR) is 77.3 cm³/mol. The number of hydrogen-bond acceptors (Lipinski definition) is 3. The second-order valence-electron chi connectivity index (χ2n) is 4.56. The molecule has 4 heteroatoms. The third-order valence-corrected chi connectivity index (χ3v) is 4.12. The Balaban J connectivity index is 2.38. The Kier molecular flexibility index (Phi) is 2.84. The highest BCUT2D eigenvalue weighted by molar-refractivity contribution is 7.13. The van der Waals surface area contributed by atoms with E-state index in [-0.39, 0.29) is 5.92 Å². The largest absolute Gasteiger partial charge is 0.302 e. The van der Waals surface area contributed by atoms with E-state index in [1.807, 2.05) is 48.0 Å². The minimum atomic E-state index is -0.186. The van der Waals surface area contributed by atoms with Crippen LogP contribution in [0.25, 0.3) is 16.2 Å². The molecule has 1 atom stereocenters. The summed E-state index contributed by atoms with van der Waals surface area (Å²) in [5, 5.41) is 11.3. The smallest absolute Gasteiger partial charge is 0.140 e. The van der Waals surface area contributed by atoms with Crippen LogP contribution in [0.15, 0.2) is 35.8 Å². The minimum absolute atomic E-state index is 0.186. The Hall–Kier alpha value is -2.12. The fourth-order valence-electron chi connectivity index (χ4n) is 2.29. The molecule has 0 fully saturated rings. The number of rotatable bonds is 2. The molecule has 3 heterocycles. The average Bonchev–Trinajstić information content (AvgIpc) is 3.05. The Bertz CT molecular complexity index is 763. The molecule has 0 saturated carbocycles. The van der Waals surface area contributed by atoms with Gasteiger partial charge in [-0.25, -0.2) is 4.98 Å². The van der Waals surface area contributed by atoms with Crippen molar-refractivity contribution in [2.75, 3.05) is 0 Å². The molecular weight excluding hydrogens is 254 g/mol. The number of fused-ring (bicyclic) bond motifs is 1. The molecule has 0 aliphatic rings. The van der Waals surface area contributed by atoms with E-state index in [0.29, 0.717) is 0 Å². The first-order valence-electron chi connectivity index (χ1n) is 6.13. The van der Waals surface area contributed by atoms with Crippen LogP contribution in [0.1, 0.15) is 24.1 Å². The van der Waals surface area contributed by atoms with E-state index in [0.717, 1.165) is 27.5 Å². The van der Waals surface area contributed by atoms with Crippen molar-refractivity contribution < 1.29 is 0 Å². The van der Waals surface area contributed by atoms with Gasteiger partial charge in [0.05, 0.1) is 22.6 Å². The summed E-state index contributed by atoms with van der Waals surface area (Å²) < 4.78 is 2.04. The first-order chi connectivity index (χ1) is 9.22. The molecule has 0 aliphatic carbocycles. The summed E-state index contributed by atoms with van der Waals surface area (Å²) in [4.78, 5) is 5.86. The van der Waals surface area contributed by atoms with Gasteiger partial charge in [0.1, 0.15) is 11.3 Å². The lowest BCUT2D eigenvalue weighted by Crippen LogP contribution is -1.98. The summed E-state index contributed by atoms with van der Waals surface area (Å²) in [6, 6.07) is 10.4. The van der Waals surface area contributed by atoms with E-state index >= 15 is 0 Å². The van der Waals surface area contributed by atoms with Gasteiger partial charge in [-0.1, -0.05) is 12.1 Å². The molecule has 0 amide bonds. The van der Waals surface area contributed by atoms with Gasteiger partial charge in [-0.2, -0.15) is 5.26 Å². The molecule has 0 N–H and O–H groups in total. The minimum Gasteiger partial charge on any atom is -0.302 e. The standard InChI is InChI=1S/C15H13N3S/c1-10-5-3-7-18-14(11(2)9-16)13(17-15(10)18)12-6-4-8-19-12/h3-8,11H,1-2H3. The molecule has 0 saturated heterocycles. The zero-order valence-corrected chi connectivity index (χ0v) is 11.6. The van der Waals surface area contributed by atoms with Gasteiger partial charge < -0.3 is 4.40 Å². The molecule has 3 aromatic rings. The van der Waals surface area contributed by atoms with E-state index in [4.69, 9.17) is 4.98 Å². The van der Waals surface area contributed by atoms with Crippen LogP contribution in [0.4, 0.5) is 0 Å². The molecule has 0 bridgehead atoms. The van der Waals surface area contributed by atoms with Crippen molar-refractivity contribution in [3.63, 3.8) is 0 Å². The first kappa shape index (κ1) is 11.9. The quantitative estimate of drug-likeness (QED) is 0.704. The maximum atomic E-state index is 9.27. The van der Waals surface area contributed by atoms with Gasteiger partial charge in [0, 0.05) is 6.20 Å². The highest BCUT2D eigenvalue weighted by atomic mass is 32.1. The summed E-state index contributed by atoms with van der Waals surface area (Å²) in [6.07, 6.45) is 1.98. The van der Waals surface area contributed by atoms with Crippen LogP contribution in [-0.2, 0) is 0 Å². The van der Waals surface area contributed by atoms with E-state index < -0.39 is 0 Å². The van der Waals surface area contributed by atoms with Gasteiger partial charge in [0.15, 0.2) is 0 Å². The highest BCUT2D eigenvalue weighted by Crippen LogP contribution is 2.33. The van der Waals surface area contributed by atoms with Crippen LogP contribution in [0.3, 0.4) is 0 Å². The molecule has 3 aromatic heterocycles. The molecule has 0 radical (unpaired) electrons. The lowest BCUT2D eigenvalue weighted by Gasteiger charge is -2.05. The van der Waals surface area contributed by atoms with Gasteiger partial charge >= 0.3 is 0 Å². The van der Waals surface area contributed by atoms with Crippen molar-refractivity contribution in [1.29, 1.82) is 5.26 Å². The SMILES string of the molecule is Cc1cccn2c(C(C)C#N)c(-c3cccs3)nc12. The number of imidazole rings is 1. The number of nitriles is 1. The Morgan fingerprint density at radius 3 is 2.89 bits per heavy atom. The highest BCUT2D eigenvalue weighted by Gasteiger charge is 2.20. The molecule has 0 spiro atoms. The lowest BCUT2D eigenvalue weighted by molar-refractivity contribution is 0.899. The van der Waals surface area contributed by atoms with Gasteiger partial charge in [-0.3, -0.25) is 0 Å². The van der Waals surface area contributed by atoms with Crippen LogP contribution in [0, 0.1) is 18.3 Å². The average molecular weight is 267 g/mol. The lowest BCUT2D eigenvalue weighted by atomic mass is 10.1. The van der Waals surface area contributed by atoms with Crippen LogP contribution in [0.5, 0.6) is 0 Å². The van der Waals surface area contributed by atoms with Gasteiger partial charge in [0.2, 0.25) is 0 Å². The van der Waals surface area contributed by atoms with Gasteiger partial charge in [0.25, 0.3) is 0 Å². The zero-order chi connectivity index (χ0) is 13.4. The third-order valence-electron chi connectivity index (χ3n) is 3.24. The Morgan fingerprint density at radius 1 is 1.37 bits per heavy atom. The van der Waals surface area contributed by atoms with Crippen molar-refractivity contribution in [2.24, 2.45) is 0 Å². The van der Waals surface area contributed by atoms with Crippen LogP contribution in [-0.4, -0.2) is 9.38 Å². The third kappa shape index (κ3) is 1.83. The Morgan fingerprint density at radius 2 is 2.21 bits per heavy atom. The van der Waals surface area contributed by atoms with E-state index in [1.54, 1.807) is 11.3 Å². The molecule has 0 aliphatic heterocycles. The second-order valence-corrected chi connectivity index (χ2v) is 5.51. The van der Waals surface area contributed by atoms with Crippen molar-refractivity contribution in [2.45, 2.75) is 19.8 Å². The number of pyridine rings is 1. The number of thiophene rings is 1. The van der Waals surface area contributed by atoms with Crippen molar-refractivity contribution in [3.05, 3.63) is 47.1 Å². The van der Waals surface area contributed by atoms with Crippen molar-refractivity contribution in [1.82, 2.24) is 9.38 Å². The summed E-state index contributed by atoms with van der Waals surface area (Å²) >= 11 is 1.65. The number of nitrogens with zero attached hydrogens (tertiary/aromatic N) is 3. The number of aryl methyl sites for hydroxylation is 1. The predicted octanol–water partition coefficient (Wildman–Crippen LogP) is 4.00. The molecular formula is C15H13N3S.